The summed E-state index contributed by atoms with van der Waals surface area (Å²) in [6.07, 6.45) is -0.334. The van der Waals surface area contributed by atoms with Gasteiger partial charge in [0.2, 0.25) is 0 Å². The Kier molecular flexibility index (Phi) is 4.43. The van der Waals surface area contributed by atoms with E-state index in [0.717, 1.165) is 15.7 Å². The number of nitrogens with one attached hydrogen (secondary N) is 2. The van der Waals surface area contributed by atoms with Crippen molar-refractivity contribution in [2.75, 3.05) is 19.0 Å². The molecule has 3 rings (SSSR count). The van der Waals surface area contributed by atoms with Gasteiger partial charge in [0, 0.05) is 5.69 Å². The summed E-state index contributed by atoms with van der Waals surface area (Å²) in [7, 11) is 1.60. The Morgan fingerprint density at radius 3 is 2.74 bits per heavy atom. The highest BCUT2D eigenvalue weighted by molar-refractivity contribution is 9.10. The van der Waals surface area contributed by atoms with Gasteiger partial charge in [-0.05, 0) is 52.7 Å². The van der Waals surface area contributed by atoms with Gasteiger partial charge < -0.3 is 20.1 Å². The van der Waals surface area contributed by atoms with Gasteiger partial charge >= 0.3 is 0 Å². The van der Waals surface area contributed by atoms with Gasteiger partial charge in [0.25, 0.3) is 5.91 Å². The number of carbonyl (C=O) groups is 1. The van der Waals surface area contributed by atoms with Gasteiger partial charge in [-0.1, -0.05) is 12.1 Å². The van der Waals surface area contributed by atoms with E-state index in [-0.39, 0.29) is 12.1 Å². The second-order valence-corrected chi connectivity index (χ2v) is 5.92. The highest BCUT2D eigenvalue weighted by Crippen LogP contribution is 2.39. The van der Waals surface area contributed by atoms with Crippen LogP contribution in [-0.4, -0.2) is 19.6 Å². The van der Waals surface area contributed by atoms with E-state index >= 15 is 0 Å². The van der Waals surface area contributed by atoms with Crippen LogP contribution in [0.4, 0.5) is 5.69 Å². The Hall–Kier alpha value is -2.21. The third-order valence-electron chi connectivity index (χ3n) is 3.62. The van der Waals surface area contributed by atoms with Crippen LogP contribution in [0.15, 0.2) is 40.9 Å². The molecule has 23 heavy (non-hydrogen) atoms. The molecular formula is C17H17BrN2O3. The maximum absolute atomic E-state index is 12.3. The van der Waals surface area contributed by atoms with E-state index in [4.69, 9.17) is 9.47 Å². The number of amides is 1. The van der Waals surface area contributed by atoms with Crippen LogP contribution in [0, 0.1) is 0 Å². The molecule has 120 valence electrons. The number of hydrogen-bond donors (Lipinski definition) is 2. The smallest absolute Gasteiger partial charge is 0.255 e. The molecule has 2 aromatic carbocycles. The fourth-order valence-electron chi connectivity index (χ4n) is 2.59. The predicted molar refractivity (Wildman–Crippen MR) is 92.1 cm³/mol. The molecule has 0 saturated carbocycles. The molecule has 1 heterocycles. The van der Waals surface area contributed by atoms with Crippen LogP contribution < -0.4 is 20.1 Å². The van der Waals surface area contributed by atoms with E-state index < -0.39 is 0 Å². The fourth-order valence-corrected chi connectivity index (χ4v) is 3.21. The zero-order chi connectivity index (χ0) is 16.4. The number of hydrogen-bond acceptors (Lipinski definition) is 4. The van der Waals surface area contributed by atoms with Crippen LogP contribution in [0.5, 0.6) is 11.5 Å². The lowest BCUT2D eigenvalue weighted by atomic mass is 10.1. The first-order chi connectivity index (χ1) is 11.1. The number of carbonyl (C=O) groups excluding carboxylic acids is 1. The summed E-state index contributed by atoms with van der Waals surface area (Å²) in [5.41, 5.74) is 2.33. The minimum absolute atomic E-state index is 0.103. The molecule has 1 aliphatic heterocycles. The SMILES string of the molecule is CCOc1cc(C2NC(=O)c3ccccc3N2)cc(Br)c1OC. The van der Waals surface area contributed by atoms with E-state index in [2.05, 4.69) is 26.6 Å². The van der Waals surface area contributed by atoms with E-state index in [0.29, 0.717) is 23.7 Å². The molecule has 1 amide bonds. The van der Waals surface area contributed by atoms with Crippen molar-refractivity contribution in [1.82, 2.24) is 5.32 Å². The van der Waals surface area contributed by atoms with Crippen LogP contribution in [-0.2, 0) is 0 Å². The van der Waals surface area contributed by atoms with Crippen molar-refractivity contribution >= 4 is 27.5 Å². The first-order valence-electron chi connectivity index (χ1n) is 7.30. The van der Waals surface area contributed by atoms with Crippen LogP contribution in [0.2, 0.25) is 0 Å². The average molecular weight is 377 g/mol. The Balaban J connectivity index is 1.98. The largest absolute Gasteiger partial charge is 0.492 e. The van der Waals surface area contributed by atoms with E-state index in [9.17, 15) is 4.79 Å². The van der Waals surface area contributed by atoms with Gasteiger partial charge in [-0.3, -0.25) is 4.79 Å². The van der Waals surface area contributed by atoms with Crippen LogP contribution in [0.1, 0.15) is 29.0 Å². The van der Waals surface area contributed by atoms with Crippen molar-refractivity contribution in [3.63, 3.8) is 0 Å². The van der Waals surface area contributed by atoms with Crippen LogP contribution in [0.3, 0.4) is 0 Å². The summed E-state index contributed by atoms with van der Waals surface area (Å²) in [5, 5.41) is 6.28. The molecule has 6 heteroatoms. The van der Waals surface area contributed by atoms with Gasteiger partial charge in [0.05, 0.1) is 23.8 Å². The first-order valence-corrected chi connectivity index (χ1v) is 8.10. The molecule has 1 aliphatic rings. The minimum atomic E-state index is -0.334. The number of fused-ring (bicyclic) bond motifs is 1. The topological polar surface area (TPSA) is 59.6 Å². The van der Waals surface area contributed by atoms with Crippen molar-refractivity contribution in [3.05, 3.63) is 52.0 Å². The van der Waals surface area contributed by atoms with Gasteiger partial charge in [-0.15, -0.1) is 0 Å². The maximum atomic E-state index is 12.3. The summed E-state index contributed by atoms with van der Waals surface area (Å²) in [6.45, 7) is 2.44. The van der Waals surface area contributed by atoms with Crippen LogP contribution >= 0.6 is 15.9 Å². The zero-order valence-corrected chi connectivity index (χ0v) is 14.4. The molecule has 1 atom stereocenters. The third kappa shape index (κ3) is 2.99. The molecule has 0 aliphatic carbocycles. The Bertz CT molecular complexity index is 749. The van der Waals surface area contributed by atoms with Crippen LogP contribution in [0.25, 0.3) is 0 Å². The summed E-state index contributed by atoms with van der Waals surface area (Å²) in [6, 6.07) is 11.2. The predicted octanol–water partition coefficient (Wildman–Crippen LogP) is 3.71. The number of anilines is 1. The quantitative estimate of drug-likeness (QED) is 0.853. The zero-order valence-electron chi connectivity index (χ0n) is 12.9. The average Bonchev–Trinajstić information content (AvgIpc) is 2.55. The highest BCUT2D eigenvalue weighted by Gasteiger charge is 2.25. The van der Waals surface area contributed by atoms with E-state index in [1.54, 1.807) is 13.2 Å². The van der Waals surface area contributed by atoms with Crippen molar-refractivity contribution in [1.29, 1.82) is 0 Å². The Labute approximate surface area is 143 Å². The number of halogens is 1. The summed E-state index contributed by atoms with van der Waals surface area (Å²) >= 11 is 3.50. The number of methoxy groups -OCH3 is 1. The summed E-state index contributed by atoms with van der Waals surface area (Å²) in [4.78, 5) is 12.3. The van der Waals surface area contributed by atoms with Crippen molar-refractivity contribution in [2.45, 2.75) is 13.1 Å². The minimum Gasteiger partial charge on any atom is -0.492 e. The van der Waals surface area contributed by atoms with Crippen molar-refractivity contribution < 1.29 is 14.3 Å². The lowest BCUT2D eigenvalue weighted by Crippen LogP contribution is -2.38. The number of para-hydroxylation sites is 1. The van der Waals surface area contributed by atoms with Gasteiger partial charge in [-0.2, -0.15) is 0 Å². The molecular weight excluding hydrogens is 360 g/mol. The van der Waals surface area contributed by atoms with Gasteiger partial charge in [0.15, 0.2) is 11.5 Å². The normalized spacial score (nSPS) is 16.1. The number of rotatable bonds is 4. The molecule has 0 aromatic heterocycles. The lowest BCUT2D eigenvalue weighted by Gasteiger charge is -2.28. The molecule has 2 aromatic rings. The third-order valence-corrected chi connectivity index (χ3v) is 4.21. The molecule has 0 bridgehead atoms. The standard InChI is InChI=1S/C17H17BrN2O3/c1-3-23-14-9-10(8-12(18)15(14)22-2)16-19-13-7-5-4-6-11(13)17(21)20-16/h4-9,16,19H,3H2,1-2H3,(H,20,21). The molecule has 5 nitrogen and oxygen atoms in total. The second-order valence-electron chi connectivity index (χ2n) is 5.06. The molecule has 2 N–H and O–H groups in total. The summed E-state index contributed by atoms with van der Waals surface area (Å²) in [5.74, 6) is 1.17. The number of ether oxygens (including phenoxy) is 2. The molecule has 1 unspecified atom stereocenters. The van der Waals surface area contributed by atoms with Gasteiger partial charge in [0.1, 0.15) is 6.17 Å². The molecule has 0 radical (unpaired) electrons. The highest BCUT2D eigenvalue weighted by atomic mass is 79.9. The number of benzene rings is 2. The molecule has 0 fully saturated rings. The monoisotopic (exact) mass is 376 g/mol. The summed E-state index contributed by atoms with van der Waals surface area (Å²) < 4.78 is 11.8. The fraction of sp³-hybridized carbons (Fsp3) is 0.235. The molecule has 0 saturated heterocycles. The van der Waals surface area contributed by atoms with Crippen molar-refractivity contribution in [2.24, 2.45) is 0 Å². The van der Waals surface area contributed by atoms with E-state index in [1.165, 1.54) is 0 Å². The van der Waals surface area contributed by atoms with Gasteiger partial charge in [-0.25, -0.2) is 0 Å². The Morgan fingerprint density at radius 2 is 2.00 bits per heavy atom. The molecule has 0 spiro atoms. The maximum Gasteiger partial charge on any atom is 0.255 e. The lowest BCUT2D eigenvalue weighted by molar-refractivity contribution is 0.0935. The Morgan fingerprint density at radius 1 is 1.22 bits per heavy atom. The van der Waals surface area contributed by atoms with E-state index in [1.807, 2.05) is 37.3 Å². The second kappa shape index (κ2) is 6.50. The van der Waals surface area contributed by atoms with Crippen molar-refractivity contribution in [3.8, 4) is 11.5 Å². The first kappa shape index (κ1) is 15.7.